The number of aromatic nitrogens is 1. The Kier molecular flexibility index (Phi) is 6.78. The average molecular weight is 352 g/mol. The van der Waals surface area contributed by atoms with E-state index in [9.17, 15) is 4.79 Å². The minimum Gasteiger partial charge on any atom is -0.461 e. The molecule has 0 bridgehead atoms. The van der Waals surface area contributed by atoms with Crippen LogP contribution in [0.15, 0.2) is 6.07 Å². The number of hydrogen-bond acceptors (Lipinski definition) is 5. The molecule has 23 heavy (non-hydrogen) atoms. The molecular formula is C18H25NO2S2. The van der Waals surface area contributed by atoms with E-state index in [0.29, 0.717) is 12.3 Å². The van der Waals surface area contributed by atoms with Gasteiger partial charge in [0.25, 0.3) is 0 Å². The molecule has 2 aromatic rings. The summed E-state index contributed by atoms with van der Waals surface area (Å²) in [5, 5.41) is 1.05. The molecule has 2 heterocycles. The molecule has 0 aliphatic heterocycles. The highest BCUT2D eigenvalue weighted by atomic mass is 32.1. The van der Waals surface area contributed by atoms with Gasteiger partial charge in [-0.1, -0.05) is 6.42 Å². The lowest BCUT2D eigenvalue weighted by molar-refractivity contribution is 0.0519. The largest absolute Gasteiger partial charge is 0.461 e. The lowest BCUT2D eigenvalue weighted by atomic mass is 10.1. The summed E-state index contributed by atoms with van der Waals surface area (Å²) in [4.78, 5) is 20.1. The first-order valence-electron chi connectivity index (χ1n) is 8.20. The molecule has 2 aromatic heterocycles. The minimum absolute atomic E-state index is 0.295. The predicted octanol–water partition coefficient (Wildman–Crippen LogP) is 5.26. The van der Waals surface area contributed by atoms with Crippen molar-refractivity contribution in [3.05, 3.63) is 37.0 Å². The van der Waals surface area contributed by atoms with Gasteiger partial charge < -0.3 is 4.74 Å². The molecule has 2 rings (SSSR count). The van der Waals surface area contributed by atoms with Crippen LogP contribution in [0.3, 0.4) is 0 Å². The molecule has 0 aromatic carbocycles. The summed E-state index contributed by atoms with van der Waals surface area (Å²) in [6, 6.07) is 2.32. The number of aryl methyl sites for hydroxylation is 5. The van der Waals surface area contributed by atoms with E-state index < -0.39 is 0 Å². The van der Waals surface area contributed by atoms with Crippen LogP contribution in [0, 0.1) is 20.8 Å². The minimum atomic E-state index is -0.295. The molecule has 0 spiro atoms. The van der Waals surface area contributed by atoms with Gasteiger partial charge in [-0.2, -0.15) is 0 Å². The van der Waals surface area contributed by atoms with Gasteiger partial charge >= 0.3 is 5.97 Å². The van der Waals surface area contributed by atoms with Crippen molar-refractivity contribution >= 4 is 28.6 Å². The van der Waals surface area contributed by atoms with E-state index in [4.69, 9.17) is 4.74 Å². The number of rotatable bonds is 8. The summed E-state index contributed by atoms with van der Waals surface area (Å²) in [6.45, 7) is 8.52. The van der Waals surface area contributed by atoms with Crippen molar-refractivity contribution in [1.29, 1.82) is 0 Å². The Morgan fingerprint density at radius 1 is 1.09 bits per heavy atom. The summed E-state index contributed by atoms with van der Waals surface area (Å²) >= 11 is 3.54. The lowest BCUT2D eigenvalue weighted by Gasteiger charge is -1.99. The van der Waals surface area contributed by atoms with Crippen LogP contribution in [-0.2, 0) is 17.6 Å². The van der Waals surface area contributed by atoms with Gasteiger partial charge in [0.1, 0.15) is 0 Å². The van der Waals surface area contributed by atoms with E-state index in [2.05, 4.69) is 24.9 Å². The molecule has 0 aliphatic rings. The maximum absolute atomic E-state index is 11.8. The molecule has 0 unspecified atom stereocenters. The van der Waals surface area contributed by atoms with E-state index >= 15 is 0 Å². The summed E-state index contributed by atoms with van der Waals surface area (Å²) in [7, 11) is 0. The first-order valence-corrected chi connectivity index (χ1v) is 9.84. The highest BCUT2D eigenvalue weighted by molar-refractivity contribution is 7.12. The van der Waals surface area contributed by atoms with Gasteiger partial charge in [-0.15, -0.1) is 22.7 Å². The van der Waals surface area contributed by atoms with Crippen LogP contribution >= 0.6 is 22.7 Å². The maximum atomic E-state index is 11.8. The normalized spacial score (nSPS) is 11.0. The molecule has 0 fully saturated rings. The second-order valence-electron chi connectivity index (χ2n) is 5.75. The van der Waals surface area contributed by atoms with Crippen LogP contribution in [0.5, 0.6) is 0 Å². The van der Waals surface area contributed by atoms with Crippen molar-refractivity contribution in [3.8, 4) is 0 Å². The molecule has 0 saturated heterocycles. The van der Waals surface area contributed by atoms with Crippen LogP contribution in [0.4, 0.5) is 0 Å². The second kappa shape index (κ2) is 8.60. The lowest BCUT2D eigenvalue weighted by Crippen LogP contribution is -2.06. The number of unbranched alkanes of at least 4 members (excludes halogenated alkanes) is 2. The molecular weight excluding hydrogens is 326 g/mol. The molecule has 0 radical (unpaired) electrons. The predicted molar refractivity (Wildman–Crippen MR) is 97.9 cm³/mol. The Morgan fingerprint density at radius 2 is 1.83 bits per heavy atom. The topological polar surface area (TPSA) is 39.2 Å². The summed E-state index contributed by atoms with van der Waals surface area (Å²) in [6.07, 6.45) is 5.66. The van der Waals surface area contributed by atoms with Gasteiger partial charge in [-0.3, -0.25) is 0 Å². The summed E-state index contributed by atoms with van der Waals surface area (Å²) in [5.74, 6) is -0.295. The molecule has 126 valence electrons. The van der Waals surface area contributed by atoms with Crippen molar-refractivity contribution in [2.45, 2.75) is 59.8 Å². The fraction of sp³-hybridized carbons (Fsp3) is 0.556. The SMILES string of the molecule is CCOC(=O)c1nc(CCCCCc2cc(C)c(C)s2)sc1C. The fourth-order valence-electron chi connectivity index (χ4n) is 2.47. The first kappa shape index (κ1) is 18.1. The molecule has 0 saturated carbocycles. The monoisotopic (exact) mass is 351 g/mol. The highest BCUT2D eigenvalue weighted by Gasteiger charge is 2.16. The van der Waals surface area contributed by atoms with Crippen molar-refractivity contribution in [1.82, 2.24) is 4.98 Å². The number of esters is 1. The molecule has 3 nitrogen and oxygen atoms in total. The number of carbonyl (C=O) groups is 1. The Balaban J connectivity index is 1.74. The fourth-order valence-corrected chi connectivity index (χ4v) is 4.53. The van der Waals surface area contributed by atoms with E-state index in [1.54, 1.807) is 11.3 Å². The van der Waals surface area contributed by atoms with E-state index in [-0.39, 0.29) is 5.97 Å². The number of thiophene rings is 1. The summed E-state index contributed by atoms with van der Waals surface area (Å²) < 4.78 is 5.03. The first-order chi connectivity index (χ1) is 11.0. The Hall–Kier alpha value is -1.20. The van der Waals surface area contributed by atoms with Gasteiger partial charge in [0.15, 0.2) is 5.69 Å². The number of carbonyl (C=O) groups excluding carboxylic acids is 1. The van der Waals surface area contributed by atoms with Crippen LogP contribution in [0.25, 0.3) is 0 Å². The number of thiazole rings is 1. The van der Waals surface area contributed by atoms with Crippen LogP contribution < -0.4 is 0 Å². The van der Waals surface area contributed by atoms with Gasteiger partial charge in [-0.25, -0.2) is 9.78 Å². The quantitative estimate of drug-likeness (QED) is 0.481. The van der Waals surface area contributed by atoms with Gasteiger partial charge in [0.05, 0.1) is 11.6 Å². The zero-order valence-electron chi connectivity index (χ0n) is 14.4. The van der Waals surface area contributed by atoms with Crippen LogP contribution in [0.1, 0.15) is 61.9 Å². The van der Waals surface area contributed by atoms with Gasteiger partial charge in [-0.05, 0) is 65.0 Å². The van der Waals surface area contributed by atoms with Crippen molar-refractivity contribution in [2.24, 2.45) is 0 Å². The van der Waals surface area contributed by atoms with Gasteiger partial charge in [0.2, 0.25) is 0 Å². The van der Waals surface area contributed by atoms with E-state index in [1.165, 1.54) is 34.6 Å². The highest BCUT2D eigenvalue weighted by Crippen LogP contribution is 2.23. The maximum Gasteiger partial charge on any atom is 0.358 e. The smallest absolute Gasteiger partial charge is 0.358 e. The van der Waals surface area contributed by atoms with Crippen LogP contribution in [-0.4, -0.2) is 17.6 Å². The van der Waals surface area contributed by atoms with Gasteiger partial charge in [0, 0.05) is 14.6 Å². The molecule has 0 amide bonds. The molecule has 0 atom stereocenters. The van der Waals surface area contributed by atoms with Crippen molar-refractivity contribution in [3.63, 3.8) is 0 Å². The number of nitrogens with zero attached hydrogens (tertiary/aromatic N) is 1. The third-order valence-corrected chi connectivity index (χ3v) is 6.08. The Bertz CT molecular complexity index is 639. The van der Waals surface area contributed by atoms with Crippen molar-refractivity contribution in [2.75, 3.05) is 6.61 Å². The number of hydrogen-bond donors (Lipinski definition) is 0. The third-order valence-electron chi connectivity index (χ3n) is 3.84. The number of ether oxygens (including phenoxy) is 1. The zero-order chi connectivity index (χ0) is 16.8. The summed E-state index contributed by atoms with van der Waals surface area (Å²) in [5.41, 5.74) is 1.91. The molecule has 0 aliphatic carbocycles. The van der Waals surface area contributed by atoms with E-state index in [0.717, 1.165) is 22.7 Å². The third kappa shape index (κ3) is 5.15. The zero-order valence-corrected chi connectivity index (χ0v) is 16.0. The Labute approximate surface area is 146 Å². The van der Waals surface area contributed by atoms with E-state index in [1.807, 2.05) is 25.2 Å². The Morgan fingerprint density at radius 3 is 2.48 bits per heavy atom. The molecule has 5 heteroatoms. The molecule has 0 N–H and O–H groups in total. The van der Waals surface area contributed by atoms with Crippen molar-refractivity contribution < 1.29 is 9.53 Å². The average Bonchev–Trinajstić information content (AvgIpc) is 3.02. The second-order valence-corrected chi connectivity index (χ2v) is 8.37. The van der Waals surface area contributed by atoms with Crippen LogP contribution in [0.2, 0.25) is 0 Å². The standard InChI is InChI=1S/C18H25NO2S2/c1-5-21-18(20)17-14(4)23-16(19-17)10-8-6-7-9-15-11-12(2)13(3)22-15/h11H,5-10H2,1-4H3.